The van der Waals surface area contributed by atoms with E-state index >= 15 is 0 Å². The Morgan fingerprint density at radius 1 is 1.21 bits per heavy atom. The SMILES string of the molecule is COC(=O)c1c(C)nn2c1ncc1c(=O)n(-c3ccc4[nH]ccc4c3)ccc12. The van der Waals surface area contributed by atoms with Crippen LogP contribution >= 0.6 is 0 Å². The molecule has 0 radical (unpaired) electrons. The number of esters is 1. The highest BCUT2D eigenvalue weighted by Crippen LogP contribution is 2.20. The summed E-state index contributed by atoms with van der Waals surface area (Å²) in [6.07, 6.45) is 5.04. The fourth-order valence-electron chi connectivity index (χ4n) is 3.51. The van der Waals surface area contributed by atoms with Crippen LogP contribution in [0.25, 0.3) is 33.1 Å². The van der Waals surface area contributed by atoms with E-state index in [9.17, 15) is 9.59 Å². The van der Waals surface area contributed by atoms with E-state index in [0.717, 1.165) is 16.6 Å². The predicted molar refractivity (Wildman–Crippen MR) is 104 cm³/mol. The van der Waals surface area contributed by atoms with Crippen molar-refractivity contribution in [1.82, 2.24) is 24.1 Å². The van der Waals surface area contributed by atoms with Crippen LogP contribution in [0.1, 0.15) is 16.1 Å². The Morgan fingerprint density at radius 2 is 2.07 bits per heavy atom. The van der Waals surface area contributed by atoms with Gasteiger partial charge in [-0.1, -0.05) is 0 Å². The lowest BCUT2D eigenvalue weighted by Crippen LogP contribution is -2.18. The Kier molecular flexibility index (Phi) is 3.35. The summed E-state index contributed by atoms with van der Waals surface area (Å²) >= 11 is 0. The molecule has 1 aromatic carbocycles. The molecule has 0 atom stereocenters. The van der Waals surface area contributed by atoms with Crippen LogP contribution in [0.15, 0.2) is 53.7 Å². The maximum Gasteiger partial charge on any atom is 0.343 e. The molecule has 8 nitrogen and oxygen atoms in total. The molecule has 138 valence electrons. The molecule has 0 bridgehead atoms. The van der Waals surface area contributed by atoms with E-state index in [4.69, 9.17) is 4.74 Å². The molecular weight excluding hydrogens is 358 g/mol. The van der Waals surface area contributed by atoms with Crippen molar-refractivity contribution in [2.45, 2.75) is 6.92 Å². The second-order valence-corrected chi connectivity index (χ2v) is 6.48. The molecule has 4 aromatic heterocycles. The van der Waals surface area contributed by atoms with Gasteiger partial charge in [-0.25, -0.2) is 14.3 Å². The monoisotopic (exact) mass is 373 g/mol. The highest BCUT2D eigenvalue weighted by Gasteiger charge is 2.21. The second-order valence-electron chi connectivity index (χ2n) is 6.48. The van der Waals surface area contributed by atoms with Crippen LogP contribution in [0.5, 0.6) is 0 Å². The Labute approximate surface area is 158 Å². The average molecular weight is 373 g/mol. The smallest absolute Gasteiger partial charge is 0.343 e. The van der Waals surface area contributed by atoms with Gasteiger partial charge in [0.1, 0.15) is 5.56 Å². The third-order valence-corrected chi connectivity index (χ3v) is 4.89. The maximum atomic E-state index is 13.1. The number of fused-ring (bicyclic) bond motifs is 4. The van der Waals surface area contributed by atoms with Gasteiger partial charge >= 0.3 is 5.97 Å². The molecule has 5 aromatic rings. The zero-order chi connectivity index (χ0) is 19.4. The number of carbonyl (C=O) groups excluding carboxylic acids is 1. The van der Waals surface area contributed by atoms with E-state index in [-0.39, 0.29) is 5.56 Å². The van der Waals surface area contributed by atoms with Crippen LogP contribution in [0.3, 0.4) is 0 Å². The molecule has 0 aliphatic rings. The number of benzene rings is 1. The van der Waals surface area contributed by atoms with Gasteiger partial charge in [0.25, 0.3) is 5.56 Å². The van der Waals surface area contributed by atoms with Gasteiger partial charge in [0.2, 0.25) is 0 Å². The first-order valence-electron chi connectivity index (χ1n) is 8.64. The first-order valence-corrected chi connectivity index (χ1v) is 8.64. The molecule has 0 aliphatic carbocycles. The summed E-state index contributed by atoms with van der Waals surface area (Å²) < 4.78 is 7.91. The summed E-state index contributed by atoms with van der Waals surface area (Å²) in [6.45, 7) is 1.71. The molecular formula is C20H15N5O3. The van der Waals surface area contributed by atoms with E-state index < -0.39 is 5.97 Å². The Hall–Kier alpha value is -3.94. The summed E-state index contributed by atoms with van der Waals surface area (Å²) in [7, 11) is 1.31. The lowest BCUT2D eigenvalue weighted by Gasteiger charge is -2.08. The van der Waals surface area contributed by atoms with E-state index in [2.05, 4.69) is 15.1 Å². The van der Waals surface area contributed by atoms with Gasteiger partial charge in [0, 0.05) is 35.2 Å². The minimum atomic E-state index is -0.507. The lowest BCUT2D eigenvalue weighted by atomic mass is 10.2. The summed E-state index contributed by atoms with van der Waals surface area (Å²) in [5.41, 5.74) is 3.28. The molecule has 1 N–H and O–H groups in total. The van der Waals surface area contributed by atoms with Gasteiger partial charge in [0.05, 0.1) is 23.7 Å². The van der Waals surface area contributed by atoms with Crippen molar-refractivity contribution >= 4 is 33.4 Å². The minimum Gasteiger partial charge on any atom is -0.465 e. The first-order chi connectivity index (χ1) is 13.6. The number of aromatic nitrogens is 5. The van der Waals surface area contributed by atoms with Crippen LogP contribution in [-0.4, -0.2) is 37.2 Å². The van der Waals surface area contributed by atoms with Gasteiger partial charge in [-0.3, -0.25) is 9.36 Å². The lowest BCUT2D eigenvalue weighted by molar-refractivity contribution is 0.0602. The number of aromatic amines is 1. The van der Waals surface area contributed by atoms with Crippen molar-refractivity contribution in [1.29, 1.82) is 0 Å². The highest BCUT2D eigenvalue weighted by molar-refractivity contribution is 5.98. The third kappa shape index (κ3) is 2.18. The predicted octanol–water partition coefficient (Wildman–Crippen LogP) is 2.61. The molecule has 4 heterocycles. The fourth-order valence-corrected chi connectivity index (χ4v) is 3.51. The Bertz CT molecular complexity index is 1460. The van der Waals surface area contributed by atoms with Gasteiger partial charge in [-0.05, 0) is 37.3 Å². The van der Waals surface area contributed by atoms with Crippen molar-refractivity contribution in [3.8, 4) is 5.69 Å². The third-order valence-electron chi connectivity index (χ3n) is 4.89. The van der Waals surface area contributed by atoms with Gasteiger partial charge in [-0.2, -0.15) is 5.10 Å². The van der Waals surface area contributed by atoms with Crippen LogP contribution in [0.4, 0.5) is 0 Å². The number of H-pyrrole nitrogens is 1. The summed E-state index contributed by atoms with van der Waals surface area (Å²) in [5.74, 6) is -0.507. The molecule has 0 saturated carbocycles. The summed E-state index contributed by atoms with van der Waals surface area (Å²) in [4.78, 5) is 32.6. The largest absolute Gasteiger partial charge is 0.465 e. The number of ether oxygens (including phenoxy) is 1. The number of pyridine rings is 1. The molecule has 5 rings (SSSR count). The van der Waals surface area contributed by atoms with Crippen molar-refractivity contribution in [3.63, 3.8) is 0 Å². The molecule has 0 saturated heterocycles. The standard InChI is InChI=1S/C20H15N5O3/c1-11-17(20(27)28-2)18-22-10-14-16(25(18)23-11)6-8-24(19(14)26)13-3-4-15-12(9-13)5-7-21-15/h3-10,21H,1-2H3. The topological polar surface area (TPSA) is 94.3 Å². The van der Waals surface area contributed by atoms with E-state index in [1.165, 1.54) is 17.8 Å². The number of methoxy groups -OCH3 is 1. The van der Waals surface area contributed by atoms with E-state index in [1.54, 1.807) is 23.8 Å². The van der Waals surface area contributed by atoms with Crippen molar-refractivity contribution in [2.24, 2.45) is 0 Å². The maximum absolute atomic E-state index is 13.1. The van der Waals surface area contributed by atoms with Crippen LogP contribution < -0.4 is 5.56 Å². The highest BCUT2D eigenvalue weighted by atomic mass is 16.5. The Morgan fingerprint density at radius 3 is 2.89 bits per heavy atom. The van der Waals surface area contributed by atoms with E-state index in [1.807, 2.05) is 30.5 Å². The molecule has 28 heavy (non-hydrogen) atoms. The minimum absolute atomic E-state index is 0.213. The molecule has 0 unspecified atom stereocenters. The second kappa shape index (κ2) is 5.78. The first kappa shape index (κ1) is 16.2. The zero-order valence-corrected chi connectivity index (χ0v) is 15.1. The van der Waals surface area contributed by atoms with Crippen LogP contribution in [-0.2, 0) is 4.74 Å². The molecule has 0 fully saturated rings. The number of rotatable bonds is 2. The van der Waals surface area contributed by atoms with Gasteiger partial charge in [0.15, 0.2) is 5.65 Å². The zero-order valence-electron chi connectivity index (χ0n) is 15.1. The van der Waals surface area contributed by atoms with Crippen LogP contribution in [0.2, 0.25) is 0 Å². The number of carbonyl (C=O) groups is 1. The number of hydrogen-bond donors (Lipinski definition) is 1. The van der Waals surface area contributed by atoms with E-state index in [0.29, 0.717) is 27.8 Å². The number of nitrogens with zero attached hydrogens (tertiary/aromatic N) is 4. The Balaban J connectivity index is 1.77. The summed E-state index contributed by atoms with van der Waals surface area (Å²) in [6, 6.07) is 9.50. The van der Waals surface area contributed by atoms with Gasteiger partial charge in [-0.15, -0.1) is 0 Å². The molecule has 0 aliphatic heterocycles. The normalized spacial score (nSPS) is 11.5. The molecule has 0 spiro atoms. The fraction of sp³-hybridized carbons (Fsp3) is 0.100. The quantitative estimate of drug-likeness (QED) is 0.480. The number of aryl methyl sites for hydroxylation is 1. The average Bonchev–Trinajstić information content (AvgIpc) is 3.30. The van der Waals surface area contributed by atoms with Crippen molar-refractivity contribution in [2.75, 3.05) is 7.11 Å². The number of hydrogen-bond acceptors (Lipinski definition) is 5. The molecule has 8 heteroatoms. The van der Waals surface area contributed by atoms with Gasteiger partial charge < -0.3 is 9.72 Å². The number of nitrogens with one attached hydrogen (secondary N) is 1. The van der Waals surface area contributed by atoms with Crippen LogP contribution in [0, 0.1) is 6.92 Å². The van der Waals surface area contributed by atoms with Crippen molar-refractivity contribution in [3.05, 3.63) is 70.5 Å². The summed E-state index contributed by atoms with van der Waals surface area (Å²) in [5, 5.41) is 5.81. The van der Waals surface area contributed by atoms with Crippen molar-refractivity contribution < 1.29 is 9.53 Å². The molecule has 0 amide bonds.